The molecule has 0 atom stereocenters. The first-order valence-corrected chi connectivity index (χ1v) is 10.1. The van der Waals surface area contributed by atoms with Crippen molar-refractivity contribution in [3.8, 4) is 0 Å². The van der Waals surface area contributed by atoms with Gasteiger partial charge in [0, 0.05) is 37.8 Å². The average Bonchev–Trinajstić information content (AvgIpc) is 2.73. The molecule has 0 aromatic heterocycles. The average molecular weight is 366 g/mol. The first-order chi connectivity index (χ1) is 13.3. The summed E-state index contributed by atoms with van der Waals surface area (Å²) >= 11 is 0. The van der Waals surface area contributed by atoms with Gasteiger partial charge >= 0.3 is 0 Å². The summed E-state index contributed by atoms with van der Waals surface area (Å²) in [5.74, 6) is 0.123. The summed E-state index contributed by atoms with van der Waals surface area (Å²) in [6.45, 7) is 7.71. The normalized spacial score (nSPS) is 15.6. The lowest BCUT2D eigenvalue weighted by molar-refractivity contribution is 0.0762. The highest BCUT2D eigenvalue weighted by atomic mass is 16.2. The molecule has 1 aliphatic heterocycles. The van der Waals surface area contributed by atoms with E-state index in [2.05, 4.69) is 40.5 Å². The number of nitrogens with zero attached hydrogens (tertiary/aromatic N) is 2. The maximum atomic E-state index is 12.6. The molecule has 0 saturated carbocycles. The van der Waals surface area contributed by atoms with Crippen molar-refractivity contribution < 1.29 is 4.79 Å². The van der Waals surface area contributed by atoms with Crippen molar-refractivity contribution in [2.75, 3.05) is 32.7 Å². The van der Waals surface area contributed by atoms with Gasteiger partial charge in [0.05, 0.1) is 0 Å². The highest BCUT2D eigenvalue weighted by molar-refractivity contribution is 5.94. The van der Waals surface area contributed by atoms with E-state index in [4.69, 9.17) is 0 Å². The molecule has 1 saturated heterocycles. The van der Waals surface area contributed by atoms with Gasteiger partial charge < -0.3 is 10.2 Å². The second-order valence-electron chi connectivity index (χ2n) is 7.24. The van der Waals surface area contributed by atoms with Crippen molar-refractivity contribution in [2.45, 2.75) is 32.4 Å². The number of hydrogen-bond acceptors (Lipinski definition) is 3. The summed E-state index contributed by atoms with van der Waals surface area (Å²) < 4.78 is 0. The molecule has 27 heavy (non-hydrogen) atoms. The molecule has 2 aromatic carbocycles. The fourth-order valence-electron chi connectivity index (χ4n) is 3.71. The van der Waals surface area contributed by atoms with Crippen LogP contribution in [0.15, 0.2) is 60.7 Å². The maximum absolute atomic E-state index is 12.6. The van der Waals surface area contributed by atoms with Gasteiger partial charge in [-0.3, -0.25) is 9.69 Å². The predicted molar refractivity (Wildman–Crippen MR) is 111 cm³/mol. The highest BCUT2D eigenvalue weighted by Gasteiger charge is 2.19. The Labute approximate surface area is 163 Å². The molecule has 4 nitrogen and oxygen atoms in total. The molecular formula is C23H31N3O. The number of likely N-dealkylation sites (N-methyl/N-ethyl adjacent to an activating group) is 1. The van der Waals surface area contributed by atoms with Crippen molar-refractivity contribution in [3.63, 3.8) is 0 Å². The molecule has 0 unspecified atom stereocenters. The second kappa shape index (κ2) is 10.2. The van der Waals surface area contributed by atoms with Gasteiger partial charge in [0.15, 0.2) is 0 Å². The highest BCUT2D eigenvalue weighted by Crippen LogP contribution is 2.14. The van der Waals surface area contributed by atoms with Crippen molar-refractivity contribution >= 4 is 5.91 Å². The zero-order valence-corrected chi connectivity index (χ0v) is 16.3. The van der Waals surface area contributed by atoms with Crippen LogP contribution in [0.3, 0.4) is 0 Å². The van der Waals surface area contributed by atoms with E-state index in [9.17, 15) is 4.79 Å². The fraction of sp³-hybridized carbons (Fsp3) is 0.435. The molecule has 144 valence electrons. The van der Waals surface area contributed by atoms with Crippen LogP contribution in [0, 0.1) is 0 Å². The summed E-state index contributed by atoms with van der Waals surface area (Å²) in [6.07, 6.45) is 2.34. The quantitative estimate of drug-likeness (QED) is 0.779. The van der Waals surface area contributed by atoms with Crippen LogP contribution in [0.1, 0.15) is 35.7 Å². The molecule has 1 N–H and O–H groups in total. The molecule has 1 fully saturated rings. The van der Waals surface area contributed by atoms with Crippen LogP contribution in [0.25, 0.3) is 0 Å². The minimum atomic E-state index is 0.123. The number of carbonyl (C=O) groups is 1. The molecule has 1 heterocycles. The van der Waals surface area contributed by atoms with Gasteiger partial charge in [-0.05, 0) is 50.6 Å². The number of carbonyl (C=O) groups excluding carboxylic acids is 1. The van der Waals surface area contributed by atoms with Crippen LogP contribution in [-0.2, 0) is 6.54 Å². The van der Waals surface area contributed by atoms with Crippen LogP contribution in [-0.4, -0.2) is 54.5 Å². The van der Waals surface area contributed by atoms with Crippen molar-refractivity contribution in [2.24, 2.45) is 0 Å². The van der Waals surface area contributed by atoms with Gasteiger partial charge in [-0.15, -0.1) is 0 Å². The first kappa shape index (κ1) is 19.6. The molecule has 1 aliphatic rings. The fourth-order valence-corrected chi connectivity index (χ4v) is 3.71. The molecule has 3 rings (SSSR count). The molecule has 0 aliphatic carbocycles. The number of rotatable bonds is 8. The van der Waals surface area contributed by atoms with E-state index < -0.39 is 0 Å². The minimum Gasteiger partial charge on any atom is -0.338 e. The van der Waals surface area contributed by atoms with Crippen molar-refractivity contribution in [1.29, 1.82) is 0 Å². The lowest BCUT2D eigenvalue weighted by Crippen LogP contribution is -2.45. The number of nitrogens with one attached hydrogen (secondary N) is 1. The number of likely N-dealkylation sites (tertiary alicyclic amines) is 1. The lowest BCUT2D eigenvalue weighted by Gasteiger charge is -2.33. The van der Waals surface area contributed by atoms with Gasteiger partial charge in [0.1, 0.15) is 0 Å². The van der Waals surface area contributed by atoms with E-state index in [1.165, 1.54) is 18.4 Å². The zero-order valence-electron chi connectivity index (χ0n) is 16.3. The molecule has 2 aromatic rings. The Morgan fingerprint density at radius 2 is 1.67 bits per heavy atom. The van der Waals surface area contributed by atoms with E-state index in [0.29, 0.717) is 6.04 Å². The van der Waals surface area contributed by atoms with Crippen LogP contribution >= 0.6 is 0 Å². The topological polar surface area (TPSA) is 35.6 Å². The third-order valence-corrected chi connectivity index (χ3v) is 5.34. The molecular weight excluding hydrogens is 334 g/mol. The van der Waals surface area contributed by atoms with E-state index >= 15 is 0 Å². The number of hydrogen-bond donors (Lipinski definition) is 1. The van der Waals surface area contributed by atoms with E-state index in [-0.39, 0.29) is 5.91 Å². The van der Waals surface area contributed by atoms with Crippen LogP contribution in [0.2, 0.25) is 0 Å². The molecule has 0 bridgehead atoms. The standard InChI is InChI=1S/C23H31N3O/c1-2-26(23(27)21-11-7-4-8-12-21)18-15-24-22-13-16-25(17-14-22)19-20-9-5-3-6-10-20/h3-12,22,24H,2,13-19H2,1H3. The molecule has 0 spiro atoms. The number of piperidine rings is 1. The Kier molecular flexibility index (Phi) is 7.43. The van der Waals surface area contributed by atoms with E-state index in [1.807, 2.05) is 42.2 Å². The smallest absolute Gasteiger partial charge is 0.253 e. The van der Waals surface area contributed by atoms with E-state index in [1.54, 1.807) is 0 Å². The third kappa shape index (κ3) is 5.91. The van der Waals surface area contributed by atoms with Crippen molar-refractivity contribution in [3.05, 3.63) is 71.8 Å². The Morgan fingerprint density at radius 3 is 2.30 bits per heavy atom. The first-order valence-electron chi connectivity index (χ1n) is 10.1. The van der Waals surface area contributed by atoms with Gasteiger partial charge in [0.2, 0.25) is 0 Å². The summed E-state index contributed by atoms with van der Waals surface area (Å²) in [5.41, 5.74) is 2.16. The van der Waals surface area contributed by atoms with E-state index in [0.717, 1.165) is 44.8 Å². The largest absolute Gasteiger partial charge is 0.338 e. The molecule has 4 heteroatoms. The van der Waals surface area contributed by atoms with Gasteiger partial charge in [-0.2, -0.15) is 0 Å². The summed E-state index contributed by atoms with van der Waals surface area (Å²) in [5, 5.41) is 3.66. The minimum absolute atomic E-state index is 0.123. The monoisotopic (exact) mass is 365 g/mol. The Hall–Kier alpha value is -2.17. The molecule has 1 amide bonds. The van der Waals surface area contributed by atoms with Gasteiger partial charge in [0.25, 0.3) is 5.91 Å². The summed E-state index contributed by atoms with van der Waals surface area (Å²) in [7, 11) is 0. The third-order valence-electron chi connectivity index (χ3n) is 5.34. The van der Waals surface area contributed by atoms with Crippen LogP contribution < -0.4 is 5.32 Å². The van der Waals surface area contributed by atoms with Gasteiger partial charge in [-0.25, -0.2) is 0 Å². The number of amides is 1. The Morgan fingerprint density at radius 1 is 1.04 bits per heavy atom. The number of benzene rings is 2. The van der Waals surface area contributed by atoms with Crippen LogP contribution in [0.5, 0.6) is 0 Å². The summed E-state index contributed by atoms with van der Waals surface area (Å²) in [6, 6.07) is 20.8. The Bertz CT molecular complexity index is 681. The van der Waals surface area contributed by atoms with Gasteiger partial charge in [-0.1, -0.05) is 48.5 Å². The zero-order chi connectivity index (χ0) is 18.9. The molecule has 0 radical (unpaired) electrons. The van der Waals surface area contributed by atoms with Crippen LogP contribution in [0.4, 0.5) is 0 Å². The Balaban J connectivity index is 1.37. The lowest BCUT2D eigenvalue weighted by atomic mass is 10.0. The second-order valence-corrected chi connectivity index (χ2v) is 7.24. The van der Waals surface area contributed by atoms with Crippen molar-refractivity contribution in [1.82, 2.24) is 15.1 Å². The predicted octanol–water partition coefficient (Wildman–Crippen LogP) is 3.40. The SMILES string of the molecule is CCN(CCNC1CCN(Cc2ccccc2)CC1)C(=O)c1ccccc1. The maximum Gasteiger partial charge on any atom is 0.253 e. The summed E-state index contributed by atoms with van der Waals surface area (Å²) in [4.78, 5) is 17.0.